The Morgan fingerprint density at radius 1 is 0.246 bits per heavy atom. The number of nitrogens with zero attached hydrogens (tertiary/aromatic N) is 2. The molecule has 0 heterocycles. The SMILES string of the molecule is S=P(N=P(OP(=NP(=S)(c1ccccc1)c1ccccc1)(c1ccccc1)c1ccccc1)(c1ccccc1)c1ccccc1)(c1ccccc1)c1ccccc1. The van der Waals surface area contributed by atoms with Crippen LogP contribution in [-0.2, 0) is 27.9 Å². The highest BCUT2D eigenvalue weighted by molar-refractivity contribution is 8.23. The van der Waals surface area contributed by atoms with Crippen LogP contribution in [0.3, 0.4) is 0 Å². The highest BCUT2D eigenvalue weighted by Gasteiger charge is 2.41. The summed E-state index contributed by atoms with van der Waals surface area (Å²) in [6.45, 7) is 0. The van der Waals surface area contributed by atoms with Crippen LogP contribution in [0, 0.1) is 0 Å². The van der Waals surface area contributed by atoms with Gasteiger partial charge in [-0.05, 0) is 0 Å². The standard InChI is InChI=1S/C48H40N2OP4S2/c56-54(45-33-17-5-18-34-45,46-35-19-6-20-36-46)49-52(41-25-9-1-10-26-41,42-27-11-2-12-28-42)51-53(43-29-13-3-14-30-43,44-31-15-4-16-32-44)50-55(57,47-37-21-7-22-38-47)48-39-23-8-24-40-48/h1-40H. The summed E-state index contributed by atoms with van der Waals surface area (Å²) in [6, 6.07) is 83.4. The molecular formula is C48H40N2OP4S2. The van der Waals surface area contributed by atoms with Crippen molar-refractivity contribution in [2.24, 2.45) is 9.03 Å². The van der Waals surface area contributed by atoms with Crippen molar-refractivity contribution in [3.05, 3.63) is 243 Å². The predicted molar refractivity (Wildman–Crippen MR) is 257 cm³/mol. The van der Waals surface area contributed by atoms with Gasteiger partial charge in [0.15, 0.2) is 14.6 Å². The predicted octanol–water partition coefficient (Wildman–Crippen LogP) is 10.6. The van der Waals surface area contributed by atoms with Gasteiger partial charge in [0, 0.05) is 42.4 Å². The van der Waals surface area contributed by atoms with Gasteiger partial charge in [-0.3, -0.25) is 4.31 Å². The number of hydrogen-bond donors (Lipinski definition) is 0. The first-order valence-electron chi connectivity index (χ1n) is 18.6. The molecule has 0 N–H and O–H groups in total. The quantitative estimate of drug-likeness (QED) is 0.115. The van der Waals surface area contributed by atoms with E-state index < -0.39 is 26.9 Å². The summed E-state index contributed by atoms with van der Waals surface area (Å²) < 4.78 is 20.8. The van der Waals surface area contributed by atoms with Gasteiger partial charge in [-0.15, -0.1) is 0 Å². The average Bonchev–Trinajstić information content (AvgIpc) is 3.30. The molecule has 0 aliphatic carbocycles. The van der Waals surface area contributed by atoms with E-state index in [1.165, 1.54) is 0 Å². The van der Waals surface area contributed by atoms with E-state index in [9.17, 15) is 0 Å². The van der Waals surface area contributed by atoms with Gasteiger partial charge in [-0.25, -0.2) is 9.03 Å². The van der Waals surface area contributed by atoms with Crippen molar-refractivity contribution >= 4 is 93.0 Å². The highest BCUT2D eigenvalue weighted by atomic mass is 32.4. The minimum atomic E-state index is -3.38. The number of benzene rings is 8. The van der Waals surface area contributed by atoms with Crippen molar-refractivity contribution in [2.75, 3.05) is 0 Å². The van der Waals surface area contributed by atoms with Crippen LogP contribution >= 0.6 is 26.9 Å². The largest absolute Gasteiger partial charge is 0.290 e. The highest BCUT2D eigenvalue weighted by Crippen LogP contribution is 2.72. The maximum Gasteiger partial charge on any atom is 0.154 e. The topological polar surface area (TPSA) is 34.0 Å². The Kier molecular flexibility index (Phi) is 12.1. The van der Waals surface area contributed by atoms with E-state index in [1.807, 2.05) is 48.5 Å². The lowest BCUT2D eigenvalue weighted by molar-refractivity contribution is 0.699. The van der Waals surface area contributed by atoms with Crippen LogP contribution in [0.1, 0.15) is 0 Å². The summed E-state index contributed by atoms with van der Waals surface area (Å²) >= 11 is 14.1. The Balaban J connectivity index is 1.60. The van der Waals surface area contributed by atoms with Crippen LogP contribution in [0.4, 0.5) is 0 Å². The smallest absolute Gasteiger partial charge is 0.154 e. The number of hydrogen-bond acceptors (Lipinski definition) is 3. The van der Waals surface area contributed by atoms with Crippen LogP contribution in [0.25, 0.3) is 0 Å². The van der Waals surface area contributed by atoms with Crippen molar-refractivity contribution in [2.45, 2.75) is 0 Å². The van der Waals surface area contributed by atoms with E-state index >= 15 is 0 Å². The van der Waals surface area contributed by atoms with E-state index in [0.717, 1.165) is 42.4 Å². The molecule has 0 radical (unpaired) electrons. The molecule has 0 saturated carbocycles. The van der Waals surface area contributed by atoms with E-state index in [0.29, 0.717) is 0 Å². The Morgan fingerprint density at radius 3 is 0.579 bits per heavy atom. The average molecular weight is 849 g/mol. The molecule has 0 saturated heterocycles. The fourth-order valence-electron chi connectivity index (χ4n) is 6.80. The fourth-order valence-corrected chi connectivity index (χ4v) is 25.8. The Morgan fingerprint density at radius 2 is 0.404 bits per heavy atom. The lowest BCUT2D eigenvalue weighted by atomic mass is 10.4. The fraction of sp³-hybridized carbons (Fsp3) is 0. The summed E-state index contributed by atoms with van der Waals surface area (Å²) in [5.41, 5.74) is 0. The summed E-state index contributed by atoms with van der Waals surface area (Å²) in [4.78, 5) is 0. The van der Waals surface area contributed by atoms with Gasteiger partial charge in [0.2, 0.25) is 0 Å². The van der Waals surface area contributed by atoms with E-state index in [2.05, 4.69) is 194 Å². The van der Waals surface area contributed by atoms with Crippen molar-refractivity contribution < 1.29 is 4.31 Å². The Labute approximate surface area is 346 Å². The molecule has 8 aromatic carbocycles. The molecule has 0 aliphatic heterocycles. The van der Waals surface area contributed by atoms with Gasteiger partial charge in [-0.1, -0.05) is 266 Å². The lowest BCUT2D eigenvalue weighted by Crippen LogP contribution is -2.26. The molecular weight excluding hydrogens is 809 g/mol. The summed E-state index contributed by atoms with van der Waals surface area (Å²) in [6.07, 6.45) is -5.94. The molecule has 280 valence electrons. The Bertz CT molecular complexity index is 2390. The van der Waals surface area contributed by atoms with Gasteiger partial charge in [0.1, 0.15) is 12.4 Å². The van der Waals surface area contributed by atoms with Crippen molar-refractivity contribution in [3.63, 3.8) is 0 Å². The third-order valence-electron chi connectivity index (χ3n) is 9.59. The first-order chi connectivity index (χ1) is 28.0. The van der Waals surface area contributed by atoms with Crippen molar-refractivity contribution in [3.8, 4) is 0 Å². The van der Waals surface area contributed by atoms with E-state index in [-0.39, 0.29) is 0 Å². The van der Waals surface area contributed by atoms with Gasteiger partial charge < -0.3 is 0 Å². The molecule has 0 atom stereocenters. The van der Waals surface area contributed by atoms with Crippen LogP contribution in [0.2, 0.25) is 0 Å². The van der Waals surface area contributed by atoms with E-state index in [1.54, 1.807) is 0 Å². The molecule has 0 bridgehead atoms. The molecule has 3 nitrogen and oxygen atoms in total. The monoisotopic (exact) mass is 848 g/mol. The number of rotatable bonds is 12. The maximum atomic E-state index is 8.46. The molecule has 0 unspecified atom stereocenters. The molecule has 0 aliphatic rings. The molecule has 8 rings (SSSR count). The third kappa shape index (κ3) is 8.00. The van der Waals surface area contributed by atoms with Gasteiger partial charge in [0.25, 0.3) is 0 Å². The zero-order valence-corrected chi connectivity index (χ0v) is 36.2. The maximum absolute atomic E-state index is 8.46. The van der Waals surface area contributed by atoms with Gasteiger partial charge in [0.05, 0.1) is 0 Å². The first-order valence-corrected chi connectivity index (χ1v) is 27.4. The lowest BCUT2D eigenvalue weighted by Gasteiger charge is -2.37. The molecule has 0 amide bonds. The van der Waals surface area contributed by atoms with Crippen LogP contribution < -0.4 is 42.4 Å². The van der Waals surface area contributed by atoms with Gasteiger partial charge in [-0.2, -0.15) is 0 Å². The molecule has 0 aromatic heterocycles. The van der Waals surface area contributed by atoms with Crippen molar-refractivity contribution in [1.29, 1.82) is 0 Å². The second-order valence-electron chi connectivity index (χ2n) is 13.2. The molecule has 57 heavy (non-hydrogen) atoms. The van der Waals surface area contributed by atoms with Crippen LogP contribution in [0.15, 0.2) is 252 Å². The Hall–Kier alpha value is -4.52. The summed E-state index contributed by atoms with van der Waals surface area (Å²) in [5, 5.41) is 7.78. The summed E-state index contributed by atoms with van der Waals surface area (Å²) in [7, 11) is -6.76. The minimum Gasteiger partial charge on any atom is -0.290 e. The molecule has 0 spiro atoms. The first kappa shape index (κ1) is 39.3. The zero-order chi connectivity index (χ0) is 39.0. The van der Waals surface area contributed by atoms with Gasteiger partial charge >= 0.3 is 0 Å². The van der Waals surface area contributed by atoms with Crippen LogP contribution in [-0.4, -0.2) is 0 Å². The second-order valence-corrected chi connectivity index (χ2v) is 27.2. The van der Waals surface area contributed by atoms with Crippen molar-refractivity contribution in [1.82, 2.24) is 0 Å². The second kappa shape index (κ2) is 17.5. The van der Waals surface area contributed by atoms with E-state index in [4.69, 9.17) is 37.0 Å². The normalized spacial score (nSPS) is 12.1. The molecule has 8 aromatic rings. The third-order valence-corrected chi connectivity index (χ3v) is 27.3. The van der Waals surface area contributed by atoms with Crippen LogP contribution in [0.5, 0.6) is 0 Å². The zero-order valence-electron chi connectivity index (χ0n) is 31.0. The molecule has 0 fully saturated rings. The summed E-state index contributed by atoms with van der Waals surface area (Å²) in [5.74, 6) is 0. The minimum absolute atomic E-state index is 0.955. The molecule has 9 heteroatoms.